The Kier molecular flexibility index (Phi) is 6.18. The number of aryl methyl sites for hydroxylation is 1. The van der Waals surface area contributed by atoms with Crippen LogP contribution in [0.1, 0.15) is 43.7 Å². The lowest BCUT2D eigenvalue weighted by Crippen LogP contribution is -2.44. The minimum atomic E-state index is -0.409. The fourth-order valence-electron chi connectivity index (χ4n) is 4.20. The number of nitrogens with one attached hydrogen (secondary N) is 1. The molecule has 1 fully saturated rings. The Morgan fingerprint density at radius 3 is 2.63 bits per heavy atom. The second-order valence-corrected chi connectivity index (χ2v) is 8.54. The molecule has 156 valence electrons. The Bertz CT molecular complexity index is 1010. The van der Waals surface area contributed by atoms with E-state index < -0.39 is 5.54 Å². The van der Waals surface area contributed by atoms with Crippen molar-refractivity contribution in [2.24, 2.45) is 0 Å². The maximum absolute atomic E-state index is 13.4. The number of thioether (sulfide) groups is 1. The zero-order chi connectivity index (χ0) is 21.0. The van der Waals surface area contributed by atoms with Crippen molar-refractivity contribution in [3.63, 3.8) is 0 Å². The first-order chi connectivity index (χ1) is 14.6. The third-order valence-corrected chi connectivity index (χ3v) is 6.66. The fourth-order valence-corrected chi connectivity index (χ4v) is 4.92. The van der Waals surface area contributed by atoms with Crippen molar-refractivity contribution in [1.82, 2.24) is 20.1 Å². The van der Waals surface area contributed by atoms with Crippen molar-refractivity contribution >= 4 is 17.7 Å². The molecule has 0 saturated heterocycles. The van der Waals surface area contributed by atoms with Gasteiger partial charge >= 0.3 is 0 Å². The highest BCUT2D eigenvalue weighted by atomic mass is 32.2. The molecule has 1 aliphatic carbocycles. The summed E-state index contributed by atoms with van der Waals surface area (Å²) < 4.78 is 15.3. The third-order valence-electron chi connectivity index (χ3n) is 5.71. The number of benzene rings is 2. The van der Waals surface area contributed by atoms with Crippen molar-refractivity contribution in [3.8, 4) is 5.69 Å². The second-order valence-electron chi connectivity index (χ2n) is 7.60. The summed E-state index contributed by atoms with van der Waals surface area (Å²) in [6, 6.07) is 14.6. The molecule has 0 atom stereocenters. The van der Waals surface area contributed by atoms with E-state index >= 15 is 0 Å². The molecule has 7 heteroatoms. The number of amides is 1. The minimum Gasteiger partial charge on any atom is -0.346 e. The van der Waals surface area contributed by atoms with E-state index in [1.54, 1.807) is 18.5 Å². The Morgan fingerprint density at radius 2 is 1.90 bits per heavy atom. The smallest absolute Gasteiger partial charge is 0.231 e. The van der Waals surface area contributed by atoms with Gasteiger partial charge in [-0.1, -0.05) is 61.9 Å². The average Bonchev–Trinajstić information content (AvgIpc) is 3.43. The van der Waals surface area contributed by atoms with E-state index in [2.05, 4.69) is 28.5 Å². The van der Waals surface area contributed by atoms with Crippen LogP contribution in [-0.2, 0) is 16.8 Å². The molecular formula is C23H25FN4OS. The lowest BCUT2D eigenvalue weighted by Gasteiger charge is -2.31. The highest BCUT2D eigenvalue weighted by Gasteiger charge is 2.37. The molecule has 1 aliphatic rings. The molecule has 4 rings (SSSR count). The summed E-state index contributed by atoms with van der Waals surface area (Å²) in [4.78, 5) is 12.8. The second kappa shape index (κ2) is 9.00. The van der Waals surface area contributed by atoms with E-state index in [1.807, 2.05) is 22.8 Å². The van der Waals surface area contributed by atoms with Gasteiger partial charge in [-0.3, -0.25) is 9.36 Å². The number of carbonyl (C=O) groups is 1. The topological polar surface area (TPSA) is 59.8 Å². The summed E-state index contributed by atoms with van der Waals surface area (Å²) in [7, 11) is 0. The molecule has 5 nitrogen and oxygen atoms in total. The molecule has 0 aliphatic heterocycles. The van der Waals surface area contributed by atoms with Crippen LogP contribution in [0.5, 0.6) is 0 Å². The highest BCUT2D eigenvalue weighted by Crippen LogP contribution is 2.39. The molecular weight excluding hydrogens is 399 g/mol. The first kappa shape index (κ1) is 20.6. The van der Waals surface area contributed by atoms with Crippen molar-refractivity contribution in [1.29, 1.82) is 0 Å². The number of nitrogens with zero attached hydrogens (tertiary/aromatic N) is 3. The monoisotopic (exact) mass is 424 g/mol. The molecule has 3 aromatic rings. The van der Waals surface area contributed by atoms with Gasteiger partial charge in [-0.25, -0.2) is 4.39 Å². The van der Waals surface area contributed by atoms with Crippen molar-refractivity contribution < 1.29 is 9.18 Å². The van der Waals surface area contributed by atoms with Crippen LogP contribution in [0.4, 0.5) is 4.39 Å². The number of hydrogen-bond donors (Lipinski definition) is 1. The van der Waals surface area contributed by atoms with Crippen LogP contribution in [0.15, 0.2) is 60.0 Å². The molecule has 1 amide bonds. The molecule has 1 aromatic heterocycles. The number of aromatic nitrogens is 3. The Balaban J connectivity index is 1.47. The molecule has 0 unspecified atom stereocenters. The third kappa shape index (κ3) is 4.26. The normalized spacial score (nSPS) is 15.3. The van der Waals surface area contributed by atoms with Gasteiger partial charge in [0.15, 0.2) is 5.16 Å². The van der Waals surface area contributed by atoms with Crippen LogP contribution in [0.3, 0.4) is 0 Å². The van der Waals surface area contributed by atoms with Crippen LogP contribution in [0.2, 0.25) is 0 Å². The van der Waals surface area contributed by atoms with Gasteiger partial charge in [-0.05, 0) is 48.6 Å². The number of rotatable bonds is 7. The zero-order valence-corrected chi connectivity index (χ0v) is 17.8. The van der Waals surface area contributed by atoms with E-state index in [9.17, 15) is 9.18 Å². The number of para-hydroxylation sites is 1. The standard InChI is InChI=1S/C23H25FN4OS/c1-2-17-7-3-4-8-20(17)28-16-25-27-22(28)30-15-21(29)26-23(13-5-6-14-23)18-9-11-19(24)12-10-18/h3-4,7-12,16H,2,5-6,13-15H2,1H3,(H,26,29). The minimum absolute atomic E-state index is 0.0513. The predicted octanol–water partition coefficient (Wildman–Crippen LogP) is 4.65. The van der Waals surface area contributed by atoms with E-state index in [0.717, 1.165) is 43.4 Å². The average molecular weight is 425 g/mol. The predicted molar refractivity (Wildman–Crippen MR) is 116 cm³/mol. The van der Waals surface area contributed by atoms with Crippen molar-refractivity contribution in [2.75, 3.05) is 5.75 Å². The number of hydrogen-bond acceptors (Lipinski definition) is 4. The molecule has 1 heterocycles. The van der Waals surface area contributed by atoms with Gasteiger partial charge in [0, 0.05) is 0 Å². The first-order valence-corrected chi connectivity index (χ1v) is 11.3. The van der Waals surface area contributed by atoms with Gasteiger partial charge in [-0.15, -0.1) is 10.2 Å². The summed E-state index contributed by atoms with van der Waals surface area (Å²) >= 11 is 1.37. The maximum Gasteiger partial charge on any atom is 0.231 e. The maximum atomic E-state index is 13.4. The summed E-state index contributed by atoms with van der Waals surface area (Å²) in [6.45, 7) is 2.11. The highest BCUT2D eigenvalue weighted by molar-refractivity contribution is 7.99. The van der Waals surface area contributed by atoms with Crippen LogP contribution >= 0.6 is 11.8 Å². The zero-order valence-electron chi connectivity index (χ0n) is 17.0. The van der Waals surface area contributed by atoms with E-state index in [-0.39, 0.29) is 17.5 Å². The van der Waals surface area contributed by atoms with E-state index in [0.29, 0.717) is 5.16 Å². The van der Waals surface area contributed by atoms with Crippen LogP contribution in [0, 0.1) is 5.82 Å². The fraction of sp³-hybridized carbons (Fsp3) is 0.348. The summed E-state index contributed by atoms with van der Waals surface area (Å²) in [6.07, 6.45) is 6.43. The molecule has 30 heavy (non-hydrogen) atoms. The molecule has 1 N–H and O–H groups in total. The largest absolute Gasteiger partial charge is 0.346 e. The van der Waals surface area contributed by atoms with Gasteiger partial charge in [0.1, 0.15) is 12.1 Å². The lowest BCUT2D eigenvalue weighted by molar-refractivity contribution is -0.120. The number of carbonyl (C=O) groups excluding carboxylic acids is 1. The molecule has 1 saturated carbocycles. The number of halogens is 1. The van der Waals surface area contributed by atoms with Crippen LogP contribution < -0.4 is 5.32 Å². The van der Waals surface area contributed by atoms with Gasteiger partial charge in [0.2, 0.25) is 5.91 Å². The van der Waals surface area contributed by atoms with Gasteiger partial charge in [0.25, 0.3) is 0 Å². The molecule has 0 radical (unpaired) electrons. The first-order valence-electron chi connectivity index (χ1n) is 10.3. The molecule has 0 spiro atoms. The SMILES string of the molecule is CCc1ccccc1-n1cnnc1SCC(=O)NC1(c2ccc(F)cc2)CCCC1. The Morgan fingerprint density at radius 1 is 1.17 bits per heavy atom. The Labute approximate surface area is 180 Å². The molecule has 2 aromatic carbocycles. The lowest BCUT2D eigenvalue weighted by atomic mass is 9.88. The van der Waals surface area contributed by atoms with Crippen molar-refractivity contribution in [2.45, 2.75) is 49.7 Å². The van der Waals surface area contributed by atoms with Gasteiger partial charge in [-0.2, -0.15) is 0 Å². The van der Waals surface area contributed by atoms with Crippen LogP contribution in [0.25, 0.3) is 5.69 Å². The van der Waals surface area contributed by atoms with E-state index in [4.69, 9.17) is 0 Å². The summed E-state index contributed by atoms with van der Waals surface area (Å²) in [5.74, 6) is -0.0688. The summed E-state index contributed by atoms with van der Waals surface area (Å²) in [5.41, 5.74) is 2.80. The summed E-state index contributed by atoms with van der Waals surface area (Å²) in [5, 5.41) is 12.2. The van der Waals surface area contributed by atoms with Gasteiger partial charge < -0.3 is 5.32 Å². The van der Waals surface area contributed by atoms with Crippen LogP contribution in [-0.4, -0.2) is 26.4 Å². The van der Waals surface area contributed by atoms with E-state index in [1.165, 1.54) is 29.5 Å². The molecule has 0 bridgehead atoms. The van der Waals surface area contributed by atoms with Gasteiger partial charge in [0.05, 0.1) is 17.0 Å². The van der Waals surface area contributed by atoms with Crippen molar-refractivity contribution in [3.05, 3.63) is 71.8 Å². The Hall–Kier alpha value is -2.67. The quantitative estimate of drug-likeness (QED) is 0.561.